The van der Waals surface area contributed by atoms with Crippen molar-refractivity contribution in [3.8, 4) is 0 Å². The quantitative estimate of drug-likeness (QED) is 0.249. The van der Waals surface area contributed by atoms with Crippen molar-refractivity contribution in [1.29, 1.82) is 0 Å². The maximum Gasteiger partial charge on any atom is 0.320 e. The van der Waals surface area contributed by atoms with Gasteiger partial charge in [0.1, 0.15) is 11.5 Å². The highest BCUT2D eigenvalue weighted by atomic mass is 16.7. The Morgan fingerprint density at radius 3 is 2.31 bits per heavy atom. The summed E-state index contributed by atoms with van der Waals surface area (Å²) >= 11 is 0. The fraction of sp³-hybridized carbons (Fsp3) is 0.556. The molecule has 32 heavy (non-hydrogen) atoms. The minimum Gasteiger partial charge on any atom is -0.460 e. The Bertz CT molecular complexity index is 938. The van der Waals surface area contributed by atoms with E-state index >= 15 is 0 Å². The van der Waals surface area contributed by atoms with E-state index < -0.39 is 22.9 Å². The highest BCUT2D eigenvalue weighted by Crippen LogP contribution is 2.60. The fourth-order valence-corrected chi connectivity index (χ4v) is 5.22. The molecule has 0 amide bonds. The molecule has 2 bridgehead atoms. The van der Waals surface area contributed by atoms with Gasteiger partial charge in [0.25, 0.3) is 0 Å². The normalized spacial score (nSPS) is 42.5. The minimum atomic E-state index is -1.10. The molecule has 5 heteroatoms. The van der Waals surface area contributed by atoms with Gasteiger partial charge in [-0.05, 0) is 40.2 Å². The molecule has 5 nitrogen and oxygen atoms in total. The summed E-state index contributed by atoms with van der Waals surface area (Å²) in [4.78, 5) is 24.9. The highest BCUT2D eigenvalue weighted by Gasteiger charge is 2.73. The molecule has 1 aliphatic carbocycles. The largest absolute Gasteiger partial charge is 0.460 e. The summed E-state index contributed by atoms with van der Waals surface area (Å²) < 4.78 is 17.1. The molecule has 2 aliphatic heterocycles. The average molecular weight is 441 g/mol. The molecule has 1 unspecified atom stereocenters. The molecule has 0 spiro atoms. The number of carbonyl (C=O) groups excluding carboxylic acids is 2. The topological polar surface area (TPSA) is 61.8 Å². The number of ether oxygens (including phenoxy) is 3. The first-order valence-electron chi connectivity index (χ1n) is 11.3. The van der Waals surface area contributed by atoms with Gasteiger partial charge in [0, 0.05) is 12.5 Å². The van der Waals surface area contributed by atoms with Gasteiger partial charge < -0.3 is 14.2 Å². The third-order valence-corrected chi connectivity index (χ3v) is 7.95. The number of allylic oxidation sites excluding steroid dienone is 6. The number of hydrogen-bond acceptors (Lipinski definition) is 5. The van der Waals surface area contributed by atoms with E-state index in [4.69, 9.17) is 14.2 Å². The van der Waals surface area contributed by atoms with Gasteiger partial charge in [-0.3, -0.25) is 9.59 Å². The van der Waals surface area contributed by atoms with Crippen molar-refractivity contribution in [2.75, 3.05) is 7.11 Å². The monoisotopic (exact) mass is 440 g/mol. The van der Waals surface area contributed by atoms with E-state index in [9.17, 15) is 9.59 Å². The Kier molecular flexibility index (Phi) is 6.56. The van der Waals surface area contributed by atoms with Crippen LogP contribution in [0.3, 0.4) is 0 Å². The van der Waals surface area contributed by atoms with Crippen LogP contribution in [0.2, 0.25) is 0 Å². The molecule has 2 heterocycles. The summed E-state index contributed by atoms with van der Waals surface area (Å²) in [6.45, 7) is 13.8. The molecule has 7 atom stereocenters. The lowest BCUT2D eigenvalue weighted by Gasteiger charge is -2.41. The van der Waals surface area contributed by atoms with E-state index in [1.807, 2.05) is 57.2 Å². The predicted molar refractivity (Wildman–Crippen MR) is 125 cm³/mol. The van der Waals surface area contributed by atoms with Crippen LogP contribution in [0.4, 0.5) is 0 Å². The number of Topliss-reactive ketones (excluding diaryl/α,β-unsaturated/α-hetero) is 1. The standard InChI is InChI=1S/C27H36O5/c1-17-16-25(5,24(30-8)31-20(17)4)18(2)14-12-10-9-11-13-15-26(6)22-19(3)21(28)27(26,7)23(29)32-22/h9-16,19-20,22,24H,1-8H3/t19-,20+,22-,24+,25-,26?,27-/m0/s1. The summed E-state index contributed by atoms with van der Waals surface area (Å²) in [6.07, 6.45) is 15.2. The van der Waals surface area contributed by atoms with Gasteiger partial charge in [-0.25, -0.2) is 0 Å². The van der Waals surface area contributed by atoms with Crippen LogP contribution in [-0.4, -0.2) is 37.4 Å². The number of fused-ring (bicyclic) bond motifs is 2. The zero-order valence-electron chi connectivity index (χ0n) is 20.5. The Labute approximate surface area is 191 Å². The lowest BCUT2D eigenvalue weighted by molar-refractivity contribution is -0.189. The fourth-order valence-electron chi connectivity index (χ4n) is 5.22. The van der Waals surface area contributed by atoms with Gasteiger partial charge in [0.2, 0.25) is 0 Å². The Balaban J connectivity index is 1.69. The zero-order valence-corrected chi connectivity index (χ0v) is 20.5. The van der Waals surface area contributed by atoms with Crippen molar-refractivity contribution in [2.45, 2.75) is 67.0 Å². The second kappa shape index (κ2) is 8.60. The van der Waals surface area contributed by atoms with Crippen molar-refractivity contribution in [3.63, 3.8) is 0 Å². The molecule has 1 saturated heterocycles. The van der Waals surface area contributed by atoms with E-state index in [0.717, 1.165) is 5.57 Å². The van der Waals surface area contributed by atoms with Crippen LogP contribution in [0.5, 0.6) is 0 Å². The molecule has 3 rings (SSSR count). The van der Waals surface area contributed by atoms with Crippen LogP contribution in [0.15, 0.2) is 59.8 Å². The number of hydrogen-bond donors (Lipinski definition) is 0. The highest BCUT2D eigenvalue weighted by molar-refractivity contribution is 6.10. The molecule has 1 saturated carbocycles. The van der Waals surface area contributed by atoms with Crippen molar-refractivity contribution >= 4 is 11.8 Å². The molecule has 3 aliphatic rings. The van der Waals surface area contributed by atoms with E-state index in [1.54, 1.807) is 14.0 Å². The van der Waals surface area contributed by atoms with Crippen LogP contribution in [0, 0.1) is 22.2 Å². The van der Waals surface area contributed by atoms with Crippen molar-refractivity contribution < 1.29 is 23.8 Å². The summed E-state index contributed by atoms with van der Waals surface area (Å²) in [5.74, 6) is -0.704. The average Bonchev–Trinajstić information content (AvgIpc) is 3.03. The number of carbonyl (C=O) groups is 2. The minimum absolute atomic E-state index is 0.0244. The zero-order chi connectivity index (χ0) is 23.9. The van der Waals surface area contributed by atoms with Gasteiger partial charge in [-0.15, -0.1) is 0 Å². The van der Waals surface area contributed by atoms with Crippen LogP contribution < -0.4 is 0 Å². The van der Waals surface area contributed by atoms with E-state index in [0.29, 0.717) is 0 Å². The van der Waals surface area contributed by atoms with Gasteiger partial charge in [0.15, 0.2) is 12.1 Å². The molecule has 0 aromatic rings. The summed E-state index contributed by atoms with van der Waals surface area (Å²) in [5.41, 5.74) is 0.274. The van der Waals surface area contributed by atoms with E-state index in [2.05, 4.69) is 32.9 Å². The molecule has 174 valence electrons. The maximum absolute atomic E-state index is 12.6. The Morgan fingerprint density at radius 1 is 1.06 bits per heavy atom. The smallest absolute Gasteiger partial charge is 0.320 e. The van der Waals surface area contributed by atoms with Crippen molar-refractivity contribution in [2.24, 2.45) is 22.2 Å². The molecule has 2 fully saturated rings. The Morgan fingerprint density at radius 2 is 1.69 bits per heavy atom. The third kappa shape index (κ3) is 3.56. The number of rotatable bonds is 6. The first kappa shape index (κ1) is 24.4. The van der Waals surface area contributed by atoms with Crippen molar-refractivity contribution in [3.05, 3.63) is 59.8 Å². The summed E-state index contributed by atoms with van der Waals surface area (Å²) in [5, 5.41) is 0. The predicted octanol–water partition coefficient (Wildman–Crippen LogP) is 5.10. The van der Waals surface area contributed by atoms with E-state index in [-0.39, 0.29) is 29.5 Å². The first-order valence-corrected chi connectivity index (χ1v) is 11.3. The number of methoxy groups -OCH3 is 1. The van der Waals surface area contributed by atoms with E-state index in [1.165, 1.54) is 5.57 Å². The van der Waals surface area contributed by atoms with Crippen LogP contribution in [-0.2, 0) is 23.8 Å². The van der Waals surface area contributed by atoms with Gasteiger partial charge in [0.05, 0.1) is 17.4 Å². The van der Waals surface area contributed by atoms with Crippen LogP contribution in [0.25, 0.3) is 0 Å². The third-order valence-electron chi connectivity index (χ3n) is 7.95. The first-order chi connectivity index (χ1) is 14.9. The van der Waals surface area contributed by atoms with Crippen LogP contribution in [0.1, 0.15) is 48.5 Å². The second-order valence-electron chi connectivity index (χ2n) is 9.88. The molecule has 0 aromatic carbocycles. The van der Waals surface area contributed by atoms with Gasteiger partial charge >= 0.3 is 5.97 Å². The molecule has 0 N–H and O–H groups in total. The summed E-state index contributed by atoms with van der Waals surface area (Å²) in [7, 11) is 1.67. The SMILES string of the molecule is CO[C@@H]1O[C@H](C)C(C)=C[C@@]1(C)C(C)=CC=CC=CC=CC1(C)[C@H]2OC(=O)[C@]1(C)C(=O)[C@@H]2C. The molecular weight excluding hydrogens is 404 g/mol. The maximum atomic E-state index is 12.6. The summed E-state index contributed by atoms with van der Waals surface area (Å²) in [6, 6.07) is 0. The van der Waals surface area contributed by atoms with Crippen LogP contribution >= 0.6 is 0 Å². The number of ketones is 1. The molecular formula is C27H36O5. The van der Waals surface area contributed by atoms with Crippen molar-refractivity contribution in [1.82, 2.24) is 0 Å². The van der Waals surface area contributed by atoms with Gasteiger partial charge in [-0.2, -0.15) is 0 Å². The number of esters is 1. The lowest BCUT2D eigenvalue weighted by Crippen LogP contribution is -2.42. The molecule has 0 radical (unpaired) electrons. The molecule has 0 aromatic heterocycles. The second-order valence-corrected chi connectivity index (χ2v) is 9.88. The van der Waals surface area contributed by atoms with Gasteiger partial charge in [-0.1, -0.05) is 68.0 Å². The Hall–Kier alpha value is -2.24. The lowest BCUT2D eigenvalue weighted by atomic mass is 9.68.